The number of carbonyl (C=O) groups is 2. The van der Waals surface area contributed by atoms with Crippen molar-refractivity contribution in [1.82, 2.24) is 9.88 Å². The summed E-state index contributed by atoms with van der Waals surface area (Å²) in [5.74, 6) is -0.783. The van der Waals surface area contributed by atoms with Crippen molar-refractivity contribution in [3.05, 3.63) is 58.9 Å². The Morgan fingerprint density at radius 1 is 1.21 bits per heavy atom. The summed E-state index contributed by atoms with van der Waals surface area (Å²) in [5, 5.41) is 2.82. The molecule has 0 aliphatic rings. The normalized spacial score (nSPS) is 11.8. The minimum Gasteiger partial charge on any atom is -0.452 e. The topological polar surface area (TPSA) is 60.3 Å². The first-order valence-corrected chi connectivity index (χ1v) is 8.12. The summed E-state index contributed by atoms with van der Waals surface area (Å²) in [6.45, 7) is 8.25. The van der Waals surface area contributed by atoms with Gasteiger partial charge in [0.1, 0.15) is 0 Å². The maximum absolute atomic E-state index is 12.2. The van der Waals surface area contributed by atoms with E-state index in [0.717, 1.165) is 23.5 Å². The van der Waals surface area contributed by atoms with Gasteiger partial charge in [-0.25, -0.2) is 4.79 Å². The van der Waals surface area contributed by atoms with Crippen LogP contribution in [0.3, 0.4) is 0 Å². The van der Waals surface area contributed by atoms with E-state index in [1.54, 1.807) is 6.07 Å². The lowest BCUT2D eigenvalue weighted by Gasteiger charge is -2.14. The average Bonchev–Trinajstić information content (AvgIpc) is 2.87. The van der Waals surface area contributed by atoms with Gasteiger partial charge >= 0.3 is 5.97 Å². The van der Waals surface area contributed by atoms with Gasteiger partial charge < -0.3 is 14.6 Å². The number of hydrogen-bond donors (Lipinski definition) is 1. The molecular weight excluding hydrogens is 304 g/mol. The van der Waals surface area contributed by atoms with Gasteiger partial charge in [0.2, 0.25) is 0 Å². The van der Waals surface area contributed by atoms with Crippen LogP contribution >= 0.6 is 0 Å². The van der Waals surface area contributed by atoms with Crippen LogP contribution in [-0.4, -0.2) is 23.1 Å². The second kappa shape index (κ2) is 7.81. The molecule has 0 radical (unpaired) electrons. The molecular formula is C19H24N2O3. The van der Waals surface area contributed by atoms with Crippen molar-refractivity contribution in [1.29, 1.82) is 0 Å². The molecule has 0 saturated carbocycles. The van der Waals surface area contributed by atoms with Crippen LogP contribution in [-0.2, 0) is 16.1 Å². The van der Waals surface area contributed by atoms with Gasteiger partial charge in [-0.15, -0.1) is 0 Å². The van der Waals surface area contributed by atoms with Crippen molar-refractivity contribution >= 4 is 11.9 Å². The number of nitrogens with zero attached hydrogens (tertiary/aromatic N) is 1. The second-order valence-corrected chi connectivity index (χ2v) is 5.81. The fourth-order valence-electron chi connectivity index (χ4n) is 2.81. The number of benzene rings is 1. The van der Waals surface area contributed by atoms with Crippen molar-refractivity contribution in [3.8, 4) is 0 Å². The van der Waals surface area contributed by atoms with E-state index in [2.05, 4.69) is 5.32 Å². The standard InChI is InChI=1S/C19H24N2O3/c1-5-21-13(2)11-17(15(21)4)19(23)24-12-18(22)20-14(3)16-9-7-6-8-10-16/h6-11,14H,5,12H2,1-4H3,(H,20,22)/t14-/m1/s1. The van der Waals surface area contributed by atoms with Gasteiger partial charge in [0, 0.05) is 17.9 Å². The number of hydrogen-bond acceptors (Lipinski definition) is 3. The van der Waals surface area contributed by atoms with E-state index in [-0.39, 0.29) is 18.6 Å². The Kier molecular flexibility index (Phi) is 5.79. The minimum atomic E-state index is -0.467. The highest BCUT2D eigenvalue weighted by Gasteiger charge is 2.18. The summed E-state index contributed by atoms with van der Waals surface area (Å²) in [5.41, 5.74) is 3.38. The average molecular weight is 328 g/mol. The van der Waals surface area contributed by atoms with E-state index in [9.17, 15) is 9.59 Å². The lowest BCUT2D eigenvalue weighted by Crippen LogP contribution is -2.31. The predicted molar refractivity (Wildman–Crippen MR) is 92.9 cm³/mol. The van der Waals surface area contributed by atoms with Gasteiger partial charge in [-0.1, -0.05) is 30.3 Å². The molecule has 5 nitrogen and oxygen atoms in total. The van der Waals surface area contributed by atoms with E-state index in [0.29, 0.717) is 5.56 Å². The van der Waals surface area contributed by atoms with Gasteiger partial charge in [-0.3, -0.25) is 4.79 Å². The fourth-order valence-corrected chi connectivity index (χ4v) is 2.81. The molecule has 0 fully saturated rings. The number of esters is 1. The third-order valence-electron chi connectivity index (χ3n) is 4.12. The molecule has 0 aliphatic carbocycles. The van der Waals surface area contributed by atoms with Gasteiger partial charge in [-0.2, -0.15) is 0 Å². The fraction of sp³-hybridized carbons (Fsp3) is 0.368. The molecule has 1 N–H and O–H groups in total. The molecule has 0 bridgehead atoms. The SMILES string of the molecule is CCn1c(C)cc(C(=O)OCC(=O)N[C@H](C)c2ccccc2)c1C. The molecule has 24 heavy (non-hydrogen) atoms. The zero-order valence-electron chi connectivity index (χ0n) is 14.6. The van der Waals surface area contributed by atoms with Crippen LogP contribution in [0.1, 0.15) is 47.2 Å². The number of aryl methyl sites for hydroxylation is 1. The predicted octanol–water partition coefficient (Wildman–Crippen LogP) is 3.16. The first kappa shape index (κ1) is 17.8. The largest absolute Gasteiger partial charge is 0.452 e. The van der Waals surface area contributed by atoms with Gasteiger partial charge in [0.25, 0.3) is 5.91 Å². The Morgan fingerprint density at radius 3 is 2.46 bits per heavy atom. The molecule has 1 aromatic heterocycles. The number of carbonyl (C=O) groups excluding carboxylic acids is 2. The summed E-state index contributed by atoms with van der Waals surface area (Å²) in [6, 6.07) is 11.3. The number of rotatable bonds is 6. The van der Waals surface area contributed by atoms with E-state index < -0.39 is 5.97 Å². The zero-order valence-corrected chi connectivity index (χ0v) is 14.6. The van der Waals surface area contributed by atoms with Crippen LogP contribution < -0.4 is 5.32 Å². The molecule has 1 amide bonds. The van der Waals surface area contributed by atoms with Crippen molar-refractivity contribution in [2.45, 2.75) is 40.3 Å². The molecule has 0 saturated heterocycles. The molecule has 2 aromatic rings. The van der Waals surface area contributed by atoms with Gasteiger partial charge in [0.05, 0.1) is 11.6 Å². The van der Waals surface area contributed by atoms with E-state index >= 15 is 0 Å². The third-order valence-corrected chi connectivity index (χ3v) is 4.12. The Bertz CT molecular complexity index is 720. The van der Waals surface area contributed by atoms with E-state index in [1.165, 1.54) is 0 Å². The summed E-state index contributed by atoms with van der Waals surface area (Å²) >= 11 is 0. The molecule has 1 atom stereocenters. The van der Waals surface area contributed by atoms with Crippen LogP contribution in [0.2, 0.25) is 0 Å². The van der Waals surface area contributed by atoms with Gasteiger partial charge in [-0.05, 0) is 39.3 Å². The molecule has 1 aromatic carbocycles. The molecule has 128 valence electrons. The number of amides is 1. The van der Waals surface area contributed by atoms with Crippen LogP contribution in [0.15, 0.2) is 36.4 Å². The van der Waals surface area contributed by atoms with Crippen molar-refractivity contribution in [2.24, 2.45) is 0 Å². The van der Waals surface area contributed by atoms with Crippen LogP contribution in [0.25, 0.3) is 0 Å². The highest BCUT2D eigenvalue weighted by atomic mass is 16.5. The summed E-state index contributed by atoms with van der Waals surface area (Å²) < 4.78 is 7.19. The van der Waals surface area contributed by atoms with Crippen molar-refractivity contribution < 1.29 is 14.3 Å². The Hall–Kier alpha value is -2.56. The second-order valence-electron chi connectivity index (χ2n) is 5.81. The quantitative estimate of drug-likeness (QED) is 0.829. The molecule has 2 rings (SSSR count). The highest BCUT2D eigenvalue weighted by Crippen LogP contribution is 2.16. The first-order valence-electron chi connectivity index (χ1n) is 8.12. The summed E-state index contributed by atoms with van der Waals surface area (Å²) in [7, 11) is 0. The van der Waals surface area contributed by atoms with E-state index in [1.807, 2.05) is 62.6 Å². The van der Waals surface area contributed by atoms with Crippen molar-refractivity contribution in [2.75, 3.05) is 6.61 Å². The maximum atomic E-state index is 12.2. The molecule has 5 heteroatoms. The minimum absolute atomic E-state index is 0.137. The number of ether oxygens (including phenoxy) is 1. The molecule has 0 unspecified atom stereocenters. The van der Waals surface area contributed by atoms with Crippen LogP contribution in [0.4, 0.5) is 0 Å². The molecule has 1 heterocycles. The van der Waals surface area contributed by atoms with Crippen LogP contribution in [0, 0.1) is 13.8 Å². The zero-order chi connectivity index (χ0) is 17.7. The third kappa shape index (κ3) is 4.04. The molecule has 0 spiro atoms. The lowest BCUT2D eigenvalue weighted by atomic mass is 10.1. The Morgan fingerprint density at radius 2 is 1.88 bits per heavy atom. The maximum Gasteiger partial charge on any atom is 0.340 e. The smallest absolute Gasteiger partial charge is 0.340 e. The molecule has 0 aliphatic heterocycles. The number of aromatic nitrogens is 1. The van der Waals surface area contributed by atoms with Crippen molar-refractivity contribution in [3.63, 3.8) is 0 Å². The highest BCUT2D eigenvalue weighted by molar-refractivity contribution is 5.92. The monoisotopic (exact) mass is 328 g/mol. The Labute approximate surface area is 142 Å². The Balaban J connectivity index is 1.91. The van der Waals surface area contributed by atoms with Crippen LogP contribution in [0.5, 0.6) is 0 Å². The lowest BCUT2D eigenvalue weighted by molar-refractivity contribution is -0.124. The summed E-state index contributed by atoms with van der Waals surface area (Å²) in [4.78, 5) is 24.2. The number of nitrogens with one attached hydrogen (secondary N) is 1. The van der Waals surface area contributed by atoms with Gasteiger partial charge in [0.15, 0.2) is 6.61 Å². The first-order chi connectivity index (χ1) is 11.4. The summed E-state index contributed by atoms with van der Waals surface area (Å²) in [6.07, 6.45) is 0. The van der Waals surface area contributed by atoms with E-state index in [4.69, 9.17) is 4.74 Å².